The van der Waals surface area contributed by atoms with Crippen LogP contribution in [-0.2, 0) is 25.7 Å². The van der Waals surface area contributed by atoms with Gasteiger partial charge in [-0.25, -0.2) is 9.59 Å². The molecule has 0 aliphatic rings. The second-order valence-corrected chi connectivity index (χ2v) is 8.89. The van der Waals surface area contributed by atoms with Crippen molar-refractivity contribution < 1.29 is 29.0 Å². The van der Waals surface area contributed by atoms with Crippen LogP contribution in [0.15, 0.2) is 30.3 Å². The highest BCUT2D eigenvalue weighted by atomic mass is 16.6. The molecule has 31 heavy (non-hydrogen) atoms. The number of aliphatic hydroxyl groups excluding tert-OH is 1. The van der Waals surface area contributed by atoms with Crippen molar-refractivity contribution in [2.24, 2.45) is 5.92 Å². The van der Waals surface area contributed by atoms with E-state index in [1.54, 1.807) is 27.7 Å². The van der Waals surface area contributed by atoms with Gasteiger partial charge in [-0.1, -0.05) is 51.1 Å². The molecule has 2 amide bonds. The van der Waals surface area contributed by atoms with Gasteiger partial charge in [0, 0.05) is 0 Å². The zero-order chi connectivity index (χ0) is 23.6. The van der Waals surface area contributed by atoms with Gasteiger partial charge in [0.15, 0.2) is 6.10 Å². The van der Waals surface area contributed by atoms with Crippen molar-refractivity contribution in [3.05, 3.63) is 35.9 Å². The van der Waals surface area contributed by atoms with Gasteiger partial charge in [-0.3, -0.25) is 4.79 Å². The average molecular weight is 437 g/mol. The summed E-state index contributed by atoms with van der Waals surface area (Å²) in [4.78, 5) is 37.2. The first kappa shape index (κ1) is 26.4. The normalized spacial score (nSPS) is 14.3. The van der Waals surface area contributed by atoms with Crippen LogP contribution in [0.5, 0.6) is 0 Å². The monoisotopic (exact) mass is 436 g/mol. The highest BCUT2D eigenvalue weighted by molar-refractivity contribution is 5.87. The molecule has 3 atom stereocenters. The van der Waals surface area contributed by atoms with Crippen molar-refractivity contribution in [2.75, 3.05) is 0 Å². The standard InChI is InChI=1S/C23H36N2O6/c1-7-17(25-22(29)30-14-16-11-9-8-10-12-16)19(26)20(27)24-18(13-15(2)3)21(28)31-23(4,5)6/h8-12,15,17-19,26H,7,13-14H2,1-6H3,(H,24,27)(H,25,29)/t17?,18-,19?/m1/s1. The quantitative estimate of drug-likeness (QED) is 0.486. The minimum Gasteiger partial charge on any atom is -0.458 e. The predicted molar refractivity (Wildman–Crippen MR) is 117 cm³/mol. The number of carbonyl (C=O) groups excluding carboxylic acids is 3. The van der Waals surface area contributed by atoms with Gasteiger partial charge < -0.3 is 25.2 Å². The number of ether oxygens (including phenoxy) is 2. The predicted octanol–water partition coefficient (Wildman–Crippen LogP) is 2.92. The summed E-state index contributed by atoms with van der Waals surface area (Å²) >= 11 is 0. The van der Waals surface area contributed by atoms with Crippen LogP contribution in [0.25, 0.3) is 0 Å². The number of amides is 2. The van der Waals surface area contributed by atoms with Crippen molar-refractivity contribution in [1.29, 1.82) is 0 Å². The van der Waals surface area contributed by atoms with E-state index >= 15 is 0 Å². The maximum absolute atomic E-state index is 12.6. The second-order valence-electron chi connectivity index (χ2n) is 8.89. The van der Waals surface area contributed by atoms with Crippen molar-refractivity contribution in [1.82, 2.24) is 10.6 Å². The van der Waals surface area contributed by atoms with E-state index in [1.165, 1.54) is 0 Å². The Bertz CT molecular complexity index is 715. The number of hydrogen-bond donors (Lipinski definition) is 3. The molecule has 0 aliphatic heterocycles. The van der Waals surface area contributed by atoms with Gasteiger partial charge in [-0.2, -0.15) is 0 Å². The summed E-state index contributed by atoms with van der Waals surface area (Å²) in [7, 11) is 0. The topological polar surface area (TPSA) is 114 Å². The molecule has 0 saturated carbocycles. The third-order valence-electron chi connectivity index (χ3n) is 4.32. The molecule has 1 rings (SSSR count). The molecule has 8 nitrogen and oxygen atoms in total. The van der Waals surface area contributed by atoms with E-state index in [-0.39, 0.29) is 18.9 Å². The van der Waals surface area contributed by atoms with Crippen molar-refractivity contribution in [3.8, 4) is 0 Å². The van der Waals surface area contributed by atoms with E-state index in [1.807, 2.05) is 44.2 Å². The summed E-state index contributed by atoms with van der Waals surface area (Å²) < 4.78 is 10.5. The number of rotatable bonds is 10. The zero-order valence-electron chi connectivity index (χ0n) is 19.3. The highest BCUT2D eigenvalue weighted by Crippen LogP contribution is 2.13. The SMILES string of the molecule is CCC(NC(=O)OCc1ccccc1)C(O)C(=O)N[C@H](CC(C)C)C(=O)OC(C)(C)C. The second kappa shape index (κ2) is 12.3. The van der Waals surface area contributed by atoms with E-state index in [0.717, 1.165) is 5.56 Å². The third kappa shape index (κ3) is 10.3. The lowest BCUT2D eigenvalue weighted by Crippen LogP contribution is -2.54. The Hall–Kier alpha value is -2.61. The summed E-state index contributed by atoms with van der Waals surface area (Å²) in [6.45, 7) is 10.8. The molecule has 0 spiro atoms. The molecule has 2 unspecified atom stereocenters. The Kier molecular flexibility index (Phi) is 10.5. The first-order chi connectivity index (χ1) is 14.4. The van der Waals surface area contributed by atoms with Gasteiger partial charge in [0.05, 0.1) is 6.04 Å². The molecular formula is C23H36N2O6. The molecule has 1 aromatic rings. The first-order valence-electron chi connectivity index (χ1n) is 10.6. The number of alkyl carbamates (subject to hydrolysis) is 1. The first-order valence-corrected chi connectivity index (χ1v) is 10.6. The Labute approximate surface area is 184 Å². The van der Waals surface area contributed by atoms with Gasteiger partial charge in [-0.05, 0) is 45.1 Å². The molecular weight excluding hydrogens is 400 g/mol. The summed E-state index contributed by atoms with van der Waals surface area (Å²) in [6.07, 6.45) is -1.65. The van der Waals surface area contributed by atoms with Crippen LogP contribution in [0.2, 0.25) is 0 Å². The largest absolute Gasteiger partial charge is 0.458 e. The summed E-state index contributed by atoms with van der Waals surface area (Å²) in [5.74, 6) is -1.21. The fraction of sp³-hybridized carbons (Fsp3) is 0.609. The number of carbonyl (C=O) groups is 3. The third-order valence-corrected chi connectivity index (χ3v) is 4.32. The molecule has 0 aromatic heterocycles. The van der Waals surface area contributed by atoms with Gasteiger partial charge in [-0.15, -0.1) is 0 Å². The number of aliphatic hydroxyl groups is 1. The van der Waals surface area contributed by atoms with Gasteiger partial charge in [0.1, 0.15) is 18.2 Å². The average Bonchev–Trinajstić information content (AvgIpc) is 2.68. The van der Waals surface area contributed by atoms with Crippen LogP contribution in [-0.4, -0.2) is 46.9 Å². The molecule has 1 aromatic carbocycles. The smallest absolute Gasteiger partial charge is 0.407 e. The van der Waals surface area contributed by atoms with Crippen molar-refractivity contribution >= 4 is 18.0 Å². The number of nitrogens with one attached hydrogen (secondary N) is 2. The fourth-order valence-electron chi connectivity index (χ4n) is 2.82. The lowest BCUT2D eigenvalue weighted by atomic mass is 10.0. The van der Waals surface area contributed by atoms with Crippen LogP contribution in [0.4, 0.5) is 4.79 Å². The number of esters is 1. The lowest BCUT2D eigenvalue weighted by Gasteiger charge is -2.27. The van der Waals surface area contributed by atoms with Crippen LogP contribution in [0.3, 0.4) is 0 Å². The van der Waals surface area contributed by atoms with Crippen molar-refractivity contribution in [2.45, 2.75) is 84.8 Å². The Morgan fingerprint density at radius 2 is 1.68 bits per heavy atom. The highest BCUT2D eigenvalue weighted by Gasteiger charge is 2.32. The van der Waals surface area contributed by atoms with Crippen LogP contribution >= 0.6 is 0 Å². The molecule has 0 heterocycles. The molecule has 174 valence electrons. The van der Waals surface area contributed by atoms with E-state index in [2.05, 4.69) is 10.6 Å². The molecule has 0 fully saturated rings. The van der Waals surface area contributed by atoms with E-state index in [9.17, 15) is 19.5 Å². The maximum Gasteiger partial charge on any atom is 0.407 e. The van der Waals surface area contributed by atoms with Crippen LogP contribution < -0.4 is 10.6 Å². The molecule has 0 radical (unpaired) electrons. The van der Waals surface area contributed by atoms with E-state index in [4.69, 9.17) is 9.47 Å². The van der Waals surface area contributed by atoms with Crippen molar-refractivity contribution in [3.63, 3.8) is 0 Å². The molecule has 0 aliphatic carbocycles. The summed E-state index contributed by atoms with van der Waals surface area (Å²) in [5.41, 5.74) is 0.115. The molecule has 0 bridgehead atoms. The van der Waals surface area contributed by atoms with Gasteiger partial charge >= 0.3 is 12.1 Å². The van der Waals surface area contributed by atoms with Gasteiger partial charge in [0.25, 0.3) is 5.91 Å². The Balaban J connectivity index is 2.70. The van der Waals surface area contributed by atoms with Crippen LogP contribution in [0.1, 0.15) is 59.9 Å². The lowest BCUT2D eigenvalue weighted by molar-refractivity contribution is -0.159. The molecule has 3 N–H and O–H groups in total. The zero-order valence-corrected chi connectivity index (χ0v) is 19.3. The van der Waals surface area contributed by atoms with E-state index < -0.39 is 41.8 Å². The number of hydrogen-bond acceptors (Lipinski definition) is 6. The molecule has 8 heteroatoms. The van der Waals surface area contributed by atoms with E-state index in [0.29, 0.717) is 6.42 Å². The Morgan fingerprint density at radius 1 is 1.06 bits per heavy atom. The minimum atomic E-state index is -1.55. The minimum absolute atomic E-state index is 0.0699. The summed E-state index contributed by atoms with van der Waals surface area (Å²) in [5, 5.41) is 15.5. The summed E-state index contributed by atoms with van der Waals surface area (Å²) in [6, 6.07) is 7.38. The van der Waals surface area contributed by atoms with Gasteiger partial charge in [0.2, 0.25) is 0 Å². The maximum atomic E-state index is 12.6. The molecule has 0 saturated heterocycles. The fourth-order valence-corrected chi connectivity index (χ4v) is 2.82. The number of benzene rings is 1. The Morgan fingerprint density at radius 3 is 2.19 bits per heavy atom. The van der Waals surface area contributed by atoms with Crippen LogP contribution in [0, 0.1) is 5.92 Å².